The first kappa shape index (κ1) is 18.0. The van der Waals surface area contributed by atoms with Crippen molar-refractivity contribution in [3.05, 3.63) is 6.92 Å². The maximum absolute atomic E-state index is 3.90. The SMILES string of the molecule is [CH2]CCCCCCCC(CC)CCCCCCC. The molecule has 1 atom stereocenters. The summed E-state index contributed by atoms with van der Waals surface area (Å²) in [5.41, 5.74) is 0. The summed E-state index contributed by atoms with van der Waals surface area (Å²) >= 11 is 0. The molecule has 0 amide bonds. The molecule has 0 rings (SSSR count). The van der Waals surface area contributed by atoms with Gasteiger partial charge in [-0.3, -0.25) is 0 Å². The van der Waals surface area contributed by atoms with Gasteiger partial charge in [0.05, 0.1) is 0 Å². The maximum Gasteiger partial charge on any atom is -0.0417 e. The van der Waals surface area contributed by atoms with Crippen molar-refractivity contribution in [1.82, 2.24) is 0 Å². The summed E-state index contributed by atoms with van der Waals surface area (Å²) in [6.45, 7) is 8.57. The maximum atomic E-state index is 3.90. The molecule has 18 heavy (non-hydrogen) atoms. The number of unbranched alkanes of at least 4 members (excludes halogenated alkanes) is 9. The number of rotatable bonds is 14. The van der Waals surface area contributed by atoms with Crippen LogP contribution in [0.2, 0.25) is 0 Å². The number of hydrogen-bond acceptors (Lipinski definition) is 0. The van der Waals surface area contributed by atoms with Crippen molar-refractivity contribution in [3.63, 3.8) is 0 Å². The molecule has 109 valence electrons. The predicted octanol–water partition coefficient (Wildman–Crippen LogP) is 6.94. The fourth-order valence-electron chi connectivity index (χ4n) is 2.73. The van der Waals surface area contributed by atoms with Gasteiger partial charge < -0.3 is 0 Å². The van der Waals surface area contributed by atoms with Crippen LogP contribution in [0.4, 0.5) is 0 Å². The molecule has 0 heterocycles. The highest BCUT2D eigenvalue weighted by molar-refractivity contribution is 4.59. The normalized spacial score (nSPS) is 12.8. The van der Waals surface area contributed by atoms with Gasteiger partial charge in [-0.15, -0.1) is 0 Å². The molecule has 0 aliphatic heterocycles. The standard InChI is InChI=1S/C18H37/c1-4-7-9-11-13-15-17-18(6-3)16-14-12-10-8-5-2/h18H,1,4-17H2,2-3H3. The van der Waals surface area contributed by atoms with Gasteiger partial charge in [-0.2, -0.15) is 0 Å². The Kier molecular flexibility index (Phi) is 15.1. The van der Waals surface area contributed by atoms with Gasteiger partial charge in [-0.05, 0) is 5.92 Å². The molecule has 0 nitrogen and oxygen atoms in total. The Morgan fingerprint density at radius 2 is 1.17 bits per heavy atom. The minimum Gasteiger partial charge on any atom is -0.0654 e. The zero-order valence-electron chi connectivity index (χ0n) is 13.2. The molecule has 0 aromatic rings. The lowest BCUT2D eigenvalue weighted by Gasteiger charge is -2.14. The Balaban J connectivity index is 3.29. The van der Waals surface area contributed by atoms with E-state index in [1.807, 2.05) is 0 Å². The third kappa shape index (κ3) is 12.5. The van der Waals surface area contributed by atoms with Crippen LogP contribution in [-0.2, 0) is 0 Å². The third-order valence-corrected chi connectivity index (χ3v) is 4.16. The first-order chi connectivity index (χ1) is 8.85. The Morgan fingerprint density at radius 3 is 1.67 bits per heavy atom. The van der Waals surface area contributed by atoms with Crippen LogP contribution in [-0.4, -0.2) is 0 Å². The molecular formula is C18H37. The molecule has 0 aliphatic carbocycles. The van der Waals surface area contributed by atoms with Gasteiger partial charge in [-0.1, -0.05) is 111 Å². The highest BCUT2D eigenvalue weighted by atomic mass is 14.1. The molecule has 0 N–H and O–H groups in total. The van der Waals surface area contributed by atoms with Crippen molar-refractivity contribution in [2.45, 2.75) is 104 Å². The lowest BCUT2D eigenvalue weighted by atomic mass is 9.92. The van der Waals surface area contributed by atoms with E-state index in [-0.39, 0.29) is 0 Å². The first-order valence-corrected chi connectivity index (χ1v) is 8.64. The molecular weight excluding hydrogens is 216 g/mol. The van der Waals surface area contributed by atoms with Gasteiger partial charge in [-0.25, -0.2) is 0 Å². The van der Waals surface area contributed by atoms with Gasteiger partial charge in [0.2, 0.25) is 0 Å². The van der Waals surface area contributed by atoms with E-state index in [1.54, 1.807) is 0 Å². The Labute approximate surface area is 117 Å². The van der Waals surface area contributed by atoms with Crippen LogP contribution in [0.15, 0.2) is 0 Å². The molecule has 0 saturated heterocycles. The van der Waals surface area contributed by atoms with Gasteiger partial charge in [0.25, 0.3) is 0 Å². The summed E-state index contributed by atoms with van der Waals surface area (Å²) in [7, 11) is 0. The average Bonchev–Trinajstić information content (AvgIpc) is 2.40. The van der Waals surface area contributed by atoms with Crippen LogP contribution in [0.3, 0.4) is 0 Å². The molecule has 1 radical (unpaired) electrons. The Morgan fingerprint density at radius 1 is 0.667 bits per heavy atom. The molecule has 1 unspecified atom stereocenters. The van der Waals surface area contributed by atoms with Gasteiger partial charge in [0, 0.05) is 0 Å². The zero-order chi connectivity index (χ0) is 13.5. The minimum absolute atomic E-state index is 1.01. The molecule has 0 heteroatoms. The van der Waals surface area contributed by atoms with E-state index >= 15 is 0 Å². The van der Waals surface area contributed by atoms with Crippen LogP contribution in [0.1, 0.15) is 104 Å². The molecule has 0 bridgehead atoms. The quantitative estimate of drug-likeness (QED) is 0.294. The van der Waals surface area contributed by atoms with Crippen LogP contribution < -0.4 is 0 Å². The van der Waals surface area contributed by atoms with E-state index in [2.05, 4.69) is 20.8 Å². The molecule has 0 aromatic heterocycles. The Hall–Kier alpha value is 0. The second-order valence-corrected chi connectivity index (χ2v) is 5.89. The smallest absolute Gasteiger partial charge is 0.0417 e. The van der Waals surface area contributed by atoms with E-state index in [9.17, 15) is 0 Å². The minimum atomic E-state index is 1.01. The van der Waals surface area contributed by atoms with Crippen molar-refractivity contribution in [3.8, 4) is 0 Å². The van der Waals surface area contributed by atoms with Crippen molar-refractivity contribution in [1.29, 1.82) is 0 Å². The highest BCUT2D eigenvalue weighted by Crippen LogP contribution is 2.21. The zero-order valence-corrected chi connectivity index (χ0v) is 13.2. The monoisotopic (exact) mass is 253 g/mol. The molecule has 0 aliphatic rings. The summed E-state index contributed by atoms with van der Waals surface area (Å²) in [6.07, 6.45) is 19.8. The summed E-state index contributed by atoms with van der Waals surface area (Å²) in [5.74, 6) is 1.01. The van der Waals surface area contributed by atoms with E-state index in [4.69, 9.17) is 0 Å². The summed E-state index contributed by atoms with van der Waals surface area (Å²) in [5, 5.41) is 0. The molecule has 0 aromatic carbocycles. The van der Waals surface area contributed by atoms with Gasteiger partial charge >= 0.3 is 0 Å². The van der Waals surface area contributed by atoms with Crippen LogP contribution in [0, 0.1) is 12.8 Å². The predicted molar refractivity (Wildman–Crippen MR) is 84.8 cm³/mol. The average molecular weight is 253 g/mol. The van der Waals surface area contributed by atoms with Crippen molar-refractivity contribution in [2.75, 3.05) is 0 Å². The van der Waals surface area contributed by atoms with E-state index in [0.717, 1.165) is 12.3 Å². The lowest BCUT2D eigenvalue weighted by Crippen LogP contribution is -1.99. The van der Waals surface area contributed by atoms with Gasteiger partial charge in [0.1, 0.15) is 0 Å². The van der Waals surface area contributed by atoms with Crippen molar-refractivity contribution >= 4 is 0 Å². The molecule has 0 spiro atoms. The van der Waals surface area contributed by atoms with E-state index < -0.39 is 0 Å². The molecule has 0 fully saturated rings. The van der Waals surface area contributed by atoms with Crippen LogP contribution in [0.25, 0.3) is 0 Å². The molecule has 0 saturated carbocycles. The van der Waals surface area contributed by atoms with Crippen molar-refractivity contribution < 1.29 is 0 Å². The fourth-order valence-corrected chi connectivity index (χ4v) is 2.73. The Bertz CT molecular complexity index is 139. The lowest BCUT2D eigenvalue weighted by molar-refractivity contribution is 0.393. The summed E-state index contributed by atoms with van der Waals surface area (Å²) < 4.78 is 0. The largest absolute Gasteiger partial charge is 0.0654 e. The first-order valence-electron chi connectivity index (χ1n) is 8.64. The van der Waals surface area contributed by atoms with Gasteiger partial charge in [0.15, 0.2) is 0 Å². The van der Waals surface area contributed by atoms with E-state index in [1.165, 1.54) is 83.5 Å². The number of hydrogen-bond donors (Lipinski definition) is 0. The summed E-state index contributed by atoms with van der Waals surface area (Å²) in [6, 6.07) is 0. The third-order valence-electron chi connectivity index (χ3n) is 4.16. The summed E-state index contributed by atoms with van der Waals surface area (Å²) in [4.78, 5) is 0. The second-order valence-electron chi connectivity index (χ2n) is 5.89. The second kappa shape index (κ2) is 15.1. The van der Waals surface area contributed by atoms with Crippen LogP contribution in [0.5, 0.6) is 0 Å². The van der Waals surface area contributed by atoms with E-state index in [0.29, 0.717) is 0 Å². The highest BCUT2D eigenvalue weighted by Gasteiger charge is 2.05. The fraction of sp³-hybridized carbons (Fsp3) is 0.944. The van der Waals surface area contributed by atoms with Crippen molar-refractivity contribution in [2.24, 2.45) is 5.92 Å². The topological polar surface area (TPSA) is 0 Å². The van der Waals surface area contributed by atoms with Crippen LogP contribution >= 0.6 is 0 Å².